The Morgan fingerprint density at radius 1 is 1.35 bits per heavy atom. The summed E-state index contributed by atoms with van der Waals surface area (Å²) in [6, 6.07) is 0.591. The molecule has 1 unspecified atom stereocenters. The predicted molar refractivity (Wildman–Crippen MR) is 77.8 cm³/mol. The first-order chi connectivity index (χ1) is 9.48. The Labute approximate surface area is 120 Å². The van der Waals surface area contributed by atoms with Crippen LogP contribution in [0, 0.1) is 0 Å². The largest absolute Gasteiger partial charge is 0.407 e. The maximum atomic E-state index is 5.73. The van der Waals surface area contributed by atoms with Crippen molar-refractivity contribution in [2.45, 2.75) is 58.7 Å². The number of aromatic nitrogens is 2. The van der Waals surface area contributed by atoms with Crippen molar-refractivity contribution in [1.29, 1.82) is 0 Å². The van der Waals surface area contributed by atoms with Crippen LogP contribution in [-0.2, 0) is 11.3 Å². The number of likely N-dealkylation sites (N-methyl/N-ethyl adjacent to an activating group) is 1. The van der Waals surface area contributed by atoms with E-state index in [-0.39, 0.29) is 11.6 Å². The molecular formula is C14H26N4O2. The van der Waals surface area contributed by atoms with E-state index in [0.29, 0.717) is 18.5 Å². The monoisotopic (exact) mass is 282 g/mol. The fraction of sp³-hybridized carbons (Fsp3) is 0.857. The Kier molecular flexibility index (Phi) is 4.99. The van der Waals surface area contributed by atoms with Crippen LogP contribution in [0.2, 0.25) is 0 Å². The summed E-state index contributed by atoms with van der Waals surface area (Å²) >= 11 is 0. The van der Waals surface area contributed by atoms with Crippen LogP contribution in [0.4, 0.5) is 6.01 Å². The highest BCUT2D eigenvalue weighted by Gasteiger charge is 2.22. The van der Waals surface area contributed by atoms with Gasteiger partial charge in [-0.3, -0.25) is 0 Å². The molecule has 1 aliphatic rings. The van der Waals surface area contributed by atoms with E-state index in [1.807, 2.05) is 0 Å². The van der Waals surface area contributed by atoms with Gasteiger partial charge in [0.05, 0.1) is 12.6 Å². The second-order valence-corrected chi connectivity index (χ2v) is 6.26. The molecule has 0 amide bonds. The van der Waals surface area contributed by atoms with E-state index in [4.69, 9.17) is 9.15 Å². The van der Waals surface area contributed by atoms with Crippen LogP contribution in [0.5, 0.6) is 0 Å². The first-order valence-electron chi connectivity index (χ1n) is 7.42. The zero-order valence-electron chi connectivity index (χ0n) is 13.0. The van der Waals surface area contributed by atoms with Gasteiger partial charge in [-0.25, -0.2) is 0 Å². The van der Waals surface area contributed by atoms with Crippen LogP contribution in [0.15, 0.2) is 4.42 Å². The Bertz CT molecular complexity index is 408. The molecule has 1 N–H and O–H groups in total. The minimum atomic E-state index is 0.0385. The van der Waals surface area contributed by atoms with Gasteiger partial charge < -0.3 is 19.4 Å². The molecule has 1 saturated heterocycles. The van der Waals surface area contributed by atoms with Crippen LogP contribution < -0.4 is 10.2 Å². The van der Waals surface area contributed by atoms with E-state index in [1.54, 1.807) is 0 Å². The van der Waals surface area contributed by atoms with Gasteiger partial charge in [0.15, 0.2) is 0 Å². The smallest absolute Gasteiger partial charge is 0.318 e. The summed E-state index contributed by atoms with van der Waals surface area (Å²) in [5, 5.41) is 11.6. The Morgan fingerprint density at radius 3 is 2.75 bits per heavy atom. The lowest BCUT2D eigenvalue weighted by atomic mass is 10.1. The first kappa shape index (κ1) is 15.3. The first-order valence-corrected chi connectivity index (χ1v) is 7.42. The van der Waals surface area contributed by atoms with Gasteiger partial charge in [-0.1, -0.05) is 5.10 Å². The summed E-state index contributed by atoms with van der Waals surface area (Å²) < 4.78 is 11.4. The number of nitrogens with one attached hydrogen (secondary N) is 1. The normalized spacial score (nSPS) is 19.5. The number of hydrogen-bond donors (Lipinski definition) is 1. The van der Waals surface area contributed by atoms with Gasteiger partial charge in [-0.05, 0) is 40.5 Å². The average Bonchev–Trinajstić information content (AvgIpc) is 3.04. The number of rotatable bonds is 6. The molecule has 0 spiro atoms. The number of anilines is 1. The van der Waals surface area contributed by atoms with Crippen LogP contribution in [0.1, 0.15) is 46.4 Å². The van der Waals surface area contributed by atoms with Crippen molar-refractivity contribution < 1.29 is 9.15 Å². The minimum absolute atomic E-state index is 0.0385. The number of hydrogen-bond acceptors (Lipinski definition) is 6. The van der Waals surface area contributed by atoms with Gasteiger partial charge >= 0.3 is 6.01 Å². The van der Waals surface area contributed by atoms with Crippen molar-refractivity contribution >= 4 is 6.01 Å². The predicted octanol–water partition coefficient (Wildman–Crippen LogP) is 1.96. The molecule has 2 heterocycles. The van der Waals surface area contributed by atoms with E-state index in [9.17, 15) is 0 Å². The summed E-state index contributed by atoms with van der Waals surface area (Å²) in [5.41, 5.74) is 0.0385. The van der Waals surface area contributed by atoms with E-state index in [1.165, 1.54) is 0 Å². The van der Waals surface area contributed by atoms with E-state index < -0.39 is 0 Å². The Morgan fingerprint density at radius 2 is 2.15 bits per heavy atom. The molecule has 1 aromatic rings. The molecule has 0 bridgehead atoms. The van der Waals surface area contributed by atoms with Crippen molar-refractivity contribution in [2.24, 2.45) is 0 Å². The number of nitrogens with zero attached hydrogens (tertiary/aromatic N) is 3. The van der Waals surface area contributed by atoms with E-state index in [2.05, 4.69) is 48.1 Å². The zero-order chi connectivity index (χ0) is 14.6. The lowest BCUT2D eigenvalue weighted by Crippen LogP contribution is -2.35. The van der Waals surface area contributed by atoms with Crippen LogP contribution in [0.25, 0.3) is 0 Å². The second kappa shape index (κ2) is 6.54. The summed E-state index contributed by atoms with van der Waals surface area (Å²) in [5.74, 6) is 0.626. The van der Waals surface area contributed by atoms with Gasteiger partial charge in [-0.15, -0.1) is 5.10 Å². The fourth-order valence-corrected chi connectivity index (χ4v) is 2.16. The molecule has 6 heteroatoms. The maximum Gasteiger partial charge on any atom is 0.318 e. The molecule has 1 aromatic heterocycles. The zero-order valence-corrected chi connectivity index (χ0v) is 13.0. The lowest BCUT2D eigenvalue weighted by molar-refractivity contribution is 0.115. The number of ether oxygens (including phenoxy) is 1. The third kappa shape index (κ3) is 4.45. The van der Waals surface area contributed by atoms with Crippen LogP contribution in [0.3, 0.4) is 0 Å². The summed E-state index contributed by atoms with van der Waals surface area (Å²) in [7, 11) is 0. The highest BCUT2D eigenvalue weighted by atomic mass is 16.5. The Hall–Kier alpha value is -1.14. The van der Waals surface area contributed by atoms with E-state index >= 15 is 0 Å². The fourth-order valence-electron chi connectivity index (χ4n) is 2.16. The highest BCUT2D eigenvalue weighted by Crippen LogP contribution is 2.18. The topological polar surface area (TPSA) is 63.4 Å². The SMILES string of the molecule is CCN(CC1CCCO1)c1nnc(CNC(C)(C)C)o1. The molecule has 1 aliphatic heterocycles. The van der Waals surface area contributed by atoms with Crippen molar-refractivity contribution in [3.8, 4) is 0 Å². The molecular weight excluding hydrogens is 256 g/mol. The summed E-state index contributed by atoms with van der Waals surface area (Å²) in [6.07, 6.45) is 2.55. The minimum Gasteiger partial charge on any atom is -0.407 e. The van der Waals surface area contributed by atoms with Gasteiger partial charge in [0, 0.05) is 25.2 Å². The molecule has 0 saturated carbocycles. The van der Waals surface area contributed by atoms with Gasteiger partial charge in [-0.2, -0.15) is 0 Å². The van der Waals surface area contributed by atoms with Crippen molar-refractivity contribution in [3.05, 3.63) is 5.89 Å². The van der Waals surface area contributed by atoms with Gasteiger partial charge in [0.1, 0.15) is 0 Å². The molecule has 0 aliphatic carbocycles. The highest BCUT2D eigenvalue weighted by molar-refractivity contribution is 5.24. The third-order valence-electron chi connectivity index (χ3n) is 3.33. The van der Waals surface area contributed by atoms with Gasteiger partial charge in [0.2, 0.25) is 5.89 Å². The van der Waals surface area contributed by atoms with Crippen molar-refractivity contribution in [2.75, 3.05) is 24.6 Å². The molecule has 0 radical (unpaired) electrons. The second-order valence-electron chi connectivity index (χ2n) is 6.26. The standard InChI is InChI=1S/C14H26N4O2/c1-5-18(10-11-7-6-8-19-11)13-17-16-12(20-13)9-15-14(2,3)4/h11,15H,5-10H2,1-4H3. The quantitative estimate of drug-likeness (QED) is 0.860. The Balaban J connectivity index is 1.91. The molecule has 20 heavy (non-hydrogen) atoms. The average molecular weight is 282 g/mol. The maximum absolute atomic E-state index is 5.73. The molecule has 1 fully saturated rings. The van der Waals surface area contributed by atoms with Crippen molar-refractivity contribution in [3.63, 3.8) is 0 Å². The van der Waals surface area contributed by atoms with Crippen molar-refractivity contribution in [1.82, 2.24) is 15.5 Å². The van der Waals surface area contributed by atoms with E-state index in [0.717, 1.165) is 32.5 Å². The summed E-state index contributed by atoms with van der Waals surface area (Å²) in [6.45, 7) is 11.5. The van der Waals surface area contributed by atoms with Crippen LogP contribution in [-0.4, -0.2) is 41.5 Å². The molecule has 0 aromatic carbocycles. The third-order valence-corrected chi connectivity index (χ3v) is 3.33. The molecule has 6 nitrogen and oxygen atoms in total. The molecule has 1 atom stereocenters. The van der Waals surface area contributed by atoms with Crippen LogP contribution >= 0.6 is 0 Å². The summed E-state index contributed by atoms with van der Waals surface area (Å²) in [4.78, 5) is 2.09. The lowest BCUT2D eigenvalue weighted by Gasteiger charge is -2.21. The molecule has 2 rings (SSSR count). The molecule has 114 valence electrons. The van der Waals surface area contributed by atoms with Gasteiger partial charge in [0.25, 0.3) is 0 Å².